The van der Waals surface area contributed by atoms with Crippen molar-refractivity contribution in [2.45, 2.75) is 27.7 Å². The average molecular weight is 331 g/mol. The van der Waals surface area contributed by atoms with Crippen LogP contribution in [0.2, 0.25) is 5.02 Å². The van der Waals surface area contributed by atoms with E-state index in [1.165, 1.54) is 0 Å². The van der Waals surface area contributed by atoms with Crippen molar-refractivity contribution >= 4 is 39.1 Å². The average Bonchev–Trinajstić information content (AvgIpc) is 2.63. The highest BCUT2D eigenvalue weighted by molar-refractivity contribution is 9.10. The van der Waals surface area contributed by atoms with E-state index in [0.717, 1.165) is 10.2 Å². The molecule has 1 aliphatic carbocycles. The molecule has 0 spiro atoms. The van der Waals surface area contributed by atoms with Gasteiger partial charge in [-0.2, -0.15) is 0 Å². The van der Waals surface area contributed by atoms with E-state index in [4.69, 9.17) is 11.6 Å². The van der Waals surface area contributed by atoms with Crippen LogP contribution in [-0.2, 0) is 4.79 Å². The topological polar surface area (TPSA) is 29.1 Å². The van der Waals surface area contributed by atoms with Gasteiger partial charge in [-0.1, -0.05) is 39.3 Å². The van der Waals surface area contributed by atoms with E-state index in [1.807, 2.05) is 6.07 Å². The lowest BCUT2D eigenvalue weighted by Crippen LogP contribution is -2.17. The van der Waals surface area contributed by atoms with Crippen molar-refractivity contribution in [1.82, 2.24) is 0 Å². The van der Waals surface area contributed by atoms with Crippen LogP contribution in [0, 0.1) is 16.7 Å². The van der Waals surface area contributed by atoms with E-state index in [1.54, 1.807) is 12.1 Å². The van der Waals surface area contributed by atoms with Crippen LogP contribution in [0.3, 0.4) is 0 Å². The molecule has 0 unspecified atom stereocenters. The summed E-state index contributed by atoms with van der Waals surface area (Å²) in [5.41, 5.74) is 0.815. The van der Waals surface area contributed by atoms with Crippen molar-refractivity contribution in [3.63, 3.8) is 0 Å². The second kappa shape index (κ2) is 4.24. The van der Waals surface area contributed by atoms with E-state index < -0.39 is 0 Å². The first-order chi connectivity index (χ1) is 8.18. The zero-order valence-electron chi connectivity index (χ0n) is 11.0. The van der Waals surface area contributed by atoms with Crippen molar-refractivity contribution in [1.29, 1.82) is 0 Å². The number of halogens is 2. The molecule has 4 heteroatoms. The SMILES string of the molecule is CC1(C)C(C(=O)Nc2cc(Cl)ccc2Br)C1(C)C. The van der Waals surface area contributed by atoms with E-state index in [2.05, 4.69) is 48.9 Å². The molecule has 0 heterocycles. The number of hydrogen-bond donors (Lipinski definition) is 1. The van der Waals surface area contributed by atoms with Crippen LogP contribution in [0.4, 0.5) is 5.69 Å². The normalized spacial score (nSPS) is 20.6. The summed E-state index contributed by atoms with van der Waals surface area (Å²) >= 11 is 9.35. The highest BCUT2D eigenvalue weighted by Gasteiger charge is 2.68. The number of carbonyl (C=O) groups excluding carboxylic acids is 1. The fraction of sp³-hybridized carbons (Fsp3) is 0.500. The molecular formula is C14H17BrClNO. The molecule has 2 rings (SSSR count). The lowest BCUT2D eigenvalue weighted by molar-refractivity contribution is -0.118. The smallest absolute Gasteiger partial charge is 0.228 e. The molecule has 1 aromatic carbocycles. The Bertz CT molecular complexity index is 497. The van der Waals surface area contributed by atoms with Crippen molar-refractivity contribution in [2.75, 3.05) is 5.32 Å². The van der Waals surface area contributed by atoms with Crippen molar-refractivity contribution in [3.05, 3.63) is 27.7 Å². The molecule has 0 atom stereocenters. The van der Waals surface area contributed by atoms with Gasteiger partial charge in [0.1, 0.15) is 0 Å². The summed E-state index contributed by atoms with van der Waals surface area (Å²) in [6, 6.07) is 5.37. The quantitative estimate of drug-likeness (QED) is 0.835. The standard InChI is InChI=1S/C14H17BrClNO/c1-13(2)11(14(13,3)4)12(18)17-10-7-8(16)5-6-9(10)15/h5-7,11H,1-4H3,(H,17,18). The van der Waals surface area contributed by atoms with Crippen LogP contribution >= 0.6 is 27.5 Å². The summed E-state index contributed by atoms with van der Waals surface area (Å²) in [5, 5.41) is 3.57. The Hall–Kier alpha value is -0.540. The van der Waals surface area contributed by atoms with Crippen LogP contribution in [0.5, 0.6) is 0 Å². The van der Waals surface area contributed by atoms with Gasteiger partial charge in [0.05, 0.1) is 5.69 Å². The lowest BCUT2D eigenvalue weighted by atomic mass is 10.0. The third-order valence-electron chi connectivity index (χ3n) is 4.47. The molecule has 0 radical (unpaired) electrons. The monoisotopic (exact) mass is 329 g/mol. The summed E-state index contributed by atoms with van der Waals surface area (Å²) < 4.78 is 0.844. The second-order valence-corrected chi connectivity index (χ2v) is 7.28. The summed E-state index contributed by atoms with van der Waals surface area (Å²) in [7, 11) is 0. The number of carbonyl (C=O) groups is 1. The Kier molecular flexibility index (Phi) is 3.27. The number of hydrogen-bond acceptors (Lipinski definition) is 1. The summed E-state index contributed by atoms with van der Waals surface area (Å²) in [5.74, 6) is 0.101. The van der Waals surface area contributed by atoms with Crippen LogP contribution in [-0.4, -0.2) is 5.91 Å². The maximum absolute atomic E-state index is 12.3. The van der Waals surface area contributed by atoms with Gasteiger partial charge in [0.25, 0.3) is 0 Å². The number of nitrogens with one attached hydrogen (secondary N) is 1. The molecule has 1 saturated carbocycles. The van der Waals surface area contributed by atoms with E-state index in [-0.39, 0.29) is 22.7 Å². The first kappa shape index (κ1) is 13.9. The maximum Gasteiger partial charge on any atom is 0.228 e. The minimum Gasteiger partial charge on any atom is -0.325 e. The molecule has 2 nitrogen and oxygen atoms in total. The summed E-state index contributed by atoms with van der Waals surface area (Å²) in [4.78, 5) is 12.3. The van der Waals surface area contributed by atoms with Gasteiger partial charge in [-0.25, -0.2) is 0 Å². The van der Waals surface area contributed by atoms with Gasteiger partial charge in [0, 0.05) is 15.4 Å². The molecular weight excluding hydrogens is 314 g/mol. The highest BCUT2D eigenvalue weighted by Crippen LogP contribution is 2.68. The number of benzene rings is 1. The van der Waals surface area contributed by atoms with Crippen molar-refractivity contribution < 1.29 is 4.79 Å². The summed E-state index contributed by atoms with van der Waals surface area (Å²) in [6.45, 7) is 8.52. The first-order valence-electron chi connectivity index (χ1n) is 5.94. The third-order valence-corrected chi connectivity index (χ3v) is 5.40. The maximum atomic E-state index is 12.3. The minimum absolute atomic E-state index is 0.0379. The van der Waals surface area contributed by atoms with Gasteiger partial charge in [0.2, 0.25) is 5.91 Å². The number of amides is 1. The Labute approximate surface area is 121 Å². The molecule has 1 aliphatic rings. The van der Waals surface area contributed by atoms with E-state index in [0.29, 0.717) is 5.02 Å². The Morgan fingerprint density at radius 2 is 1.83 bits per heavy atom. The van der Waals surface area contributed by atoms with E-state index >= 15 is 0 Å². The van der Waals surface area contributed by atoms with Gasteiger partial charge in [-0.05, 0) is 45.0 Å². The Morgan fingerprint density at radius 1 is 1.28 bits per heavy atom. The molecule has 0 aromatic heterocycles. The largest absolute Gasteiger partial charge is 0.325 e. The molecule has 18 heavy (non-hydrogen) atoms. The predicted molar refractivity (Wildman–Crippen MR) is 78.8 cm³/mol. The molecule has 0 aliphatic heterocycles. The van der Waals surface area contributed by atoms with Gasteiger partial charge >= 0.3 is 0 Å². The molecule has 1 aromatic rings. The minimum atomic E-state index is 0.0379. The van der Waals surface area contributed by atoms with Crippen LogP contribution in [0.25, 0.3) is 0 Å². The predicted octanol–water partition coefficient (Wildman–Crippen LogP) is 4.72. The molecule has 1 N–H and O–H groups in total. The summed E-state index contributed by atoms with van der Waals surface area (Å²) in [6.07, 6.45) is 0. The zero-order chi connectivity index (χ0) is 13.7. The second-order valence-electron chi connectivity index (χ2n) is 5.99. The van der Waals surface area contributed by atoms with Crippen molar-refractivity contribution in [2.24, 2.45) is 16.7 Å². The molecule has 1 fully saturated rings. The van der Waals surface area contributed by atoms with Crippen LogP contribution in [0.1, 0.15) is 27.7 Å². The van der Waals surface area contributed by atoms with Crippen LogP contribution < -0.4 is 5.32 Å². The number of anilines is 1. The van der Waals surface area contributed by atoms with Crippen LogP contribution in [0.15, 0.2) is 22.7 Å². The fourth-order valence-corrected chi connectivity index (χ4v) is 3.17. The lowest BCUT2D eigenvalue weighted by Gasteiger charge is -2.09. The van der Waals surface area contributed by atoms with Gasteiger partial charge in [-0.15, -0.1) is 0 Å². The molecule has 0 saturated heterocycles. The van der Waals surface area contributed by atoms with Gasteiger partial charge < -0.3 is 5.32 Å². The third kappa shape index (κ3) is 2.08. The molecule has 98 valence electrons. The Morgan fingerprint density at radius 3 is 2.33 bits per heavy atom. The molecule has 0 bridgehead atoms. The molecule has 1 amide bonds. The van der Waals surface area contributed by atoms with Gasteiger partial charge in [-0.3, -0.25) is 4.79 Å². The highest BCUT2D eigenvalue weighted by atomic mass is 79.9. The van der Waals surface area contributed by atoms with E-state index in [9.17, 15) is 4.79 Å². The van der Waals surface area contributed by atoms with Crippen molar-refractivity contribution in [3.8, 4) is 0 Å². The van der Waals surface area contributed by atoms with Gasteiger partial charge in [0.15, 0.2) is 0 Å². The Balaban J connectivity index is 2.17. The fourth-order valence-electron chi connectivity index (χ4n) is 2.65. The zero-order valence-corrected chi connectivity index (χ0v) is 13.3. The first-order valence-corrected chi connectivity index (χ1v) is 7.11. The number of rotatable bonds is 2.